The Morgan fingerprint density at radius 1 is 1.39 bits per heavy atom. The summed E-state index contributed by atoms with van der Waals surface area (Å²) in [4.78, 5) is 11.7. The summed E-state index contributed by atoms with van der Waals surface area (Å²) in [5.74, 6) is -1.42. The van der Waals surface area contributed by atoms with Crippen molar-refractivity contribution in [1.82, 2.24) is 0 Å². The van der Waals surface area contributed by atoms with Crippen LogP contribution in [-0.4, -0.2) is 30.9 Å². The van der Waals surface area contributed by atoms with E-state index in [1.807, 2.05) is 6.07 Å². The number of rotatable bonds is 7. The van der Waals surface area contributed by atoms with E-state index in [1.54, 1.807) is 31.2 Å². The van der Waals surface area contributed by atoms with Crippen molar-refractivity contribution in [3.63, 3.8) is 0 Å². The molecule has 0 bridgehead atoms. The van der Waals surface area contributed by atoms with E-state index in [4.69, 9.17) is 21.1 Å². The maximum atomic E-state index is 12.3. The van der Waals surface area contributed by atoms with E-state index >= 15 is 0 Å². The van der Waals surface area contributed by atoms with E-state index in [0.717, 1.165) is 0 Å². The van der Waals surface area contributed by atoms with Crippen molar-refractivity contribution < 1.29 is 18.8 Å². The highest BCUT2D eigenvalue weighted by molar-refractivity contribution is 7.55. The van der Waals surface area contributed by atoms with Crippen LogP contribution in [0.3, 0.4) is 0 Å². The molecule has 18 heavy (non-hydrogen) atoms. The second-order valence-corrected chi connectivity index (χ2v) is 5.63. The number of hydrogen-bond donors (Lipinski definition) is 0. The zero-order valence-electron chi connectivity index (χ0n) is 10.1. The molecule has 0 aromatic heterocycles. The molecule has 0 amide bonds. The van der Waals surface area contributed by atoms with Gasteiger partial charge in [-0.25, -0.2) is 4.79 Å². The molecule has 1 aromatic rings. The van der Waals surface area contributed by atoms with Crippen molar-refractivity contribution in [3.05, 3.63) is 30.3 Å². The monoisotopic (exact) mass is 290 g/mol. The third-order valence-electron chi connectivity index (χ3n) is 2.16. The minimum Gasteiger partial charge on any atom is -0.464 e. The molecule has 2 atom stereocenters. The molecule has 0 saturated carbocycles. The van der Waals surface area contributed by atoms with Crippen molar-refractivity contribution in [3.8, 4) is 0 Å². The molecule has 0 radical (unpaired) electrons. The van der Waals surface area contributed by atoms with Crippen LogP contribution >= 0.6 is 19.4 Å². The Bertz CT molecular complexity index is 396. The predicted octanol–water partition coefficient (Wildman–Crippen LogP) is 2.02. The number of ether oxygens (including phenoxy) is 2. The molecule has 2 unspecified atom stereocenters. The van der Waals surface area contributed by atoms with Crippen LogP contribution in [0.1, 0.15) is 6.92 Å². The molecule has 1 aromatic carbocycles. The summed E-state index contributed by atoms with van der Waals surface area (Å²) in [7, 11) is -2.40. The molecule has 0 fully saturated rings. The highest BCUT2D eigenvalue weighted by Crippen LogP contribution is 2.29. The van der Waals surface area contributed by atoms with Gasteiger partial charge in [-0.2, -0.15) is 0 Å². The van der Waals surface area contributed by atoms with Crippen molar-refractivity contribution >= 4 is 30.7 Å². The number of halogens is 1. The molecule has 0 spiro atoms. The molecule has 0 aliphatic heterocycles. The first-order chi connectivity index (χ1) is 8.70. The fraction of sp³-hybridized carbons (Fsp3) is 0.417. The van der Waals surface area contributed by atoms with Gasteiger partial charge < -0.3 is 14.0 Å². The normalized spacial score (nSPS) is 13.9. The molecule has 6 heteroatoms. The first-order valence-electron chi connectivity index (χ1n) is 5.64. The Kier molecular flexibility index (Phi) is 7.02. The molecule has 100 valence electrons. The van der Waals surface area contributed by atoms with Crippen LogP contribution < -0.4 is 5.30 Å². The number of esters is 1. The van der Waals surface area contributed by atoms with E-state index in [2.05, 4.69) is 0 Å². The van der Waals surface area contributed by atoms with Gasteiger partial charge in [0.15, 0.2) is 0 Å². The average molecular weight is 291 g/mol. The largest absolute Gasteiger partial charge is 0.464 e. The van der Waals surface area contributed by atoms with Crippen LogP contribution in [-0.2, 0) is 18.8 Å². The summed E-state index contributed by atoms with van der Waals surface area (Å²) in [6, 6.07) is 8.76. The Hall–Kier alpha value is -0.830. The number of benzene rings is 1. The highest BCUT2D eigenvalue weighted by atomic mass is 35.5. The Balaban J connectivity index is 2.82. The predicted molar refractivity (Wildman–Crippen MR) is 72.2 cm³/mol. The van der Waals surface area contributed by atoms with Gasteiger partial charge >= 0.3 is 5.97 Å². The molecule has 1 rings (SSSR count). The second-order valence-electron chi connectivity index (χ2n) is 3.42. The number of carbonyl (C=O) groups excluding carboxylic acids is 1. The maximum Gasteiger partial charge on any atom is 0.343 e. The van der Waals surface area contributed by atoms with E-state index in [-0.39, 0.29) is 19.1 Å². The quantitative estimate of drug-likeness (QED) is 0.438. The van der Waals surface area contributed by atoms with Crippen LogP contribution in [0.25, 0.3) is 0 Å². The van der Waals surface area contributed by atoms with Crippen molar-refractivity contribution in [1.29, 1.82) is 0 Å². The second kappa shape index (κ2) is 8.30. The summed E-state index contributed by atoms with van der Waals surface area (Å²) in [6.45, 7) is 2.08. The van der Waals surface area contributed by atoms with Gasteiger partial charge in [-0.15, -0.1) is 11.6 Å². The lowest BCUT2D eigenvalue weighted by molar-refractivity contribution is -0.150. The smallest absolute Gasteiger partial charge is 0.343 e. The number of carbonyl (C=O) groups is 1. The maximum absolute atomic E-state index is 12.3. The van der Waals surface area contributed by atoms with Gasteiger partial charge in [0.2, 0.25) is 5.85 Å². The molecule has 0 saturated heterocycles. The Morgan fingerprint density at radius 3 is 2.61 bits per heavy atom. The van der Waals surface area contributed by atoms with Crippen LogP contribution in [0.4, 0.5) is 0 Å². The van der Waals surface area contributed by atoms with Crippen LogP contribution in [0.15, 0.2) is 30.3 Å². The molecule has 0 N–H and O–H groups in total. The third-order valence-corrected chi connectivity index (χ3v) is 4.09. The fourth-order valence-electron chi connectivity index (χ4n) is 1.38. The van der Waals surface area contributed by atoms with Crippen molar-refractivity contribution in [2.24, 2.45) is 0 Å². The van der Waals surface area contributed by atoms with Crippen LogP contribution in [0.5, 0.6) is 0 Å². The first-order valence-corrected chi connectivity index (χ1v) is 7.66. The van der Waals surface area contributed by atoms with Gasteiger partial charge in [-0.1, -0.05) is 30.3 Å². The minimum absolute atomic E-state index is 0.161. The van der Waals surface area contributed by atoms with Gasteiger partial charge in [0.1, 0.15) is 7.80 Å². The number of hydrogen-bond acceptors (Lipinski definition) is 4. The van der Waals surface area contributed by atoms with E-state index in [0.29, 0.717) is 5.30 Å². The lowest BCUT2D eigenvalue weighted by Crippen LogP contribution is -2.26. The van der Waals surface area contributed by atoms with Gasteiger partial charge in [0, 0.05) is 11.2 Å². The average Bonchev–Trinajstić information content (AvgIpc) is 2.40. The summed E-state index contributed by atoms with van der Waals surface area (Å²) in [6.07, 6.45) is 0. The molecule has 4 nitrogen and oxygen atoms in total. The van der Waals surface area contributed by atoms with Gasteiger partial charge in [-0.3, -0.25) is 0 Å². The highest BCUT2D eigenvalue weighted by Gasteiger charge is 2.28. The van der Waals surface area contributed by atoms with Gasteiger partial charge in [-0.05, 0) is 6.92 Å². The van der Waals surface area contributed by atoms with Gasteiger partial charge in [0.25, 0.3) is 0 Å². The lowest BCUT2D eigenvalue weighted by atomic mass is 10.4. The molecule has 0 heterocycles. The Labute approximate surface area is 112 Å². The van der Waals surface area contributed by atoms with E-state index in [9.17, 15) is 9.36 Å². The minimum atomic E-state index is -2.40. The fourth-order valence-corrected chi connectivity index (χ4v) is 2.86. The molecule has 0 aliphatic carbocycles. The first kappa shape index (κ1) is 15.2. The SMILES string of the molecule is CCOC(=O)C(OCCCl)[PH](=O)c1ccccc1. The lowest BCUT2D eigenvalue weighted by Gasteiger charge is -2.15. The zero-order chi connectivity index (χ0) is 13.4. The van der Waals surface area contributed by atoms with Crippen molar-refractivity contribution in [2.75, 3.05) is 19.1 Å². The summed E-state index contributed by atoms with van der Waals surface area (Å²) in [5.41, 5.74) is 0. The van der Waals surface area contributed by atoms with Gasteiger partial charge in [0.05, 0.1) is 13.2 Å². The molecular weight excluding hydrogens is 275 g/mol. The summed E-state index contributed by atoms with van der Waals surface area (Å²) >= 11 is 5.51. The van der Waals surface area contributed by atoms with Crippen LogP contribution in [0.2, 0.25) is 0 Å². The molecular formula is C12H16ClO4P. The Morgan fingerprint density at radius 2 is 2.06 bits per heavy atom. The summed E-state index contributed by atoms with van der Waals surface area (Å²) < 4.78 is 22.4. The standard InChI is InChI=1S/C12H16ClO4P/c1-2-16-11(14)12(17-9-8-13)18(15)10-6-4-3-5-7-10/h3-7,12,18H,2,8-9H2,1H3. The number of alkyl halides is 1. The van der Waals surface area contributed by atoms with Crippen molar-refractivity contribution in [2.45, 2.75) is 12.8 Å². The topological polar surface area (TPSA) is 52.6 Å². The summed E-state index contributed by atoms with van der Waals surface area (Å²) in [5, 5.41) is 0.593. The van der Waals surface area contributed by atoms with Crippen LogP contribution in [0, 0.1) is 0 Å². The third kappa shape index (κ3) is 4.45. The van der Waals surface area contributed by atoms with E-state index in [1.165, 1.54) is 0 Å². The van der Waals surface area contributed by atoms with E-state index < -0.39 is 19.6 Å². The molecule has 0 aliphatic rings. The zero-order valence-corrected chi connectivity index (χ0v) is 11.9.